The van der Waals surface area contributed by atoms with Crippen LogP contribution in [0.4, 0.5) is 14.9 Å². The maximum atomic E-state index is 12.9. The number of nitrogens with zero attached hydrogens (tertiary/aromatic N) is 1. The third-order valence-corrected chi connectivity index (χ3v) is 4.87. The number of nitrogens with one attached hydrogen (secondary N) is 2. The molecule has 1 aliphatic rings. The molecule has 32 heavy (non-hydrogen) atoms. The number of amides is 3. The number of carbonyl (C=O) groups is 3. The molecule has 0 bridgehead atoms. The van der Waals surface area contributed by atoms with Crippen LogP contribution in [0, 0.1) is 11.7 Å². The maximum Gasteiger partial charge on any atom is 0.405 e. The molecule has 1 aromatic carbocycles. The summed E-state index contributed by atoms with van der Waals surface area (Å²) < 4.78 is 17.4. The van der Waals surface area contributed by atoms with Crippen LogP contribution in [0.1, 0.15) is 46.5 Å². The van der Waals surface area contributed by atoms with E-state index in [0.717, 1.165) is 25.7 Å². The maximum absolute atomic E-state index is 12.9. The van der Waals surface area contributed by atoms with Crippen molar-refractivity contribution in [2.75, 3.05) is 19.4 Å². The molecule has 0 unspecified atom stereocenters. The van der Waals surface area contributed by atoms with E-state index in [4.69, 9.17) is 18.0 Å². The predicted octanol–water partition coefficient (Wildman–Crippen LogP) is 3.21. The molecule has 0 radical (unpaired) electrons. The molecule has 1 aliphatic carbocycles. The van der Waals surface area contributed by atoms with Crippen LogP contribution >= 0.6 is 12.2 Å². The van der Waals surface area contributed by atoms with Crippen molar-refractivity contribution in [1.82, 2.24) is 10.2 Å². The Hall–Kier alpha value is -2.75. The fraction of sp³-hybridized carbons (Fsp3) is 0.545. The average Bonchev–Trinajstić information content (AvgIpc) is 2.68. The molecule has 10 heteroatoms. The highest BCUT2D eigenvalue weighted by Gasteiger charge is 2.28. The number of nitrogens with two attached hydrogens (primary N) is 1. The lowest BCUT2D eigenvalue weighted by atomic mass is 9.85. The summed E-state index contributed by atoms with van der Waals surface area (Å²) >= 11 is 5.13. The van der Waals surface area contributed by atoms with Crippen molar-refractivity contribution in [3.05, 3.63) is 30.1 Å². The third-order valence-electron chi connectivity index (χ3n) is 4.57. The van der Waals surface area contributed by atoms with Gasteiger partial charge in [-0.25, -0.2) is 9.18 Å². The van der Waals surface area contributed by atoms with E-state index >= 15 is 0 Å². The van der Waals surface area contributed by atoms with Crippen molar-refractivity contribution in [2.24, 2.45) is 11.7 Å². The number of thiocarbonyl (C=S) groups is 1. The van der Waals surface area contributed by atoms with Gasteiger partial charge in [0.1, 0.15) is 11.4 Å². The molecule has 1 saturated carbocycles. The SMILES string of the molecule is CC(C)(C)OC(N)=O.CN(C)C(=O)C1CCC(NC(=S)C(=O)Nc2ccc(F)cc2)CC1. The number of benzene rings is 1. The Balaban J connectivity index is 0.000000547. The number of anilines is 1. The molecule has 3 amide bonds. The largest absolute Gasteiger partial charge is 0.444 e. The Labute approximate surface area is 194 Å². The number of primary amides is 1. The zero-order chi connectivity index (χ0) is 24.5. The Bertz CT molecular complexity index is 801. The minimum Gasteiger partial charge on any atom is -0.444 e. The van der Waals surface area contributed by atoms with E-state index < -0.39 is 17.6 Å². The van der Waals surface area contributed by atoms with Crippen molar-refractivity contribution in [2.45, 2.75) is 58.1 Å². The molecule has 1 aromatic rings. The number of ether oxygens (including phenoxy) is 1. The molecule has 8 nitrogen and oxygen atoms in total. The summed E-state index contributed by atoms with van der Waals surface area (Å²) in [5, 5.41) is 5.69. The van der Waals surface area contributed by atoms with Gasteiger partial charge in [0.25, 0.3) is 5.91 Å². The molecular formula is C22H33FN4O4S. The van der Waals surface area contributed by atoms with Crippen molar-refractivity contribution in [1.29, 1.82) is 0 Å². The van der Waals surface area contributed by atoms with Gasteiger partial charge in [-0.3, -0.25) is 9.59 Å². The fourth-order valence-corrected chi connectivity index (χ4v) is 3.34. The number of hydrogen-bond acceptors (Lipinski definition) is 5. The van der Waals surface area contributed by atoms with Gasteiger partial charge < -0.3 is 26.0 Å². The summed E-state index contributed by atoms with van der Waals surface area (Å²) in [6.45, 7) is 5.28. The molecule has 0 saturated heterocycles. The third kappa shape index (κ3) is 10.5. The molecule has 1 fully saturated rings. The smallest absolute Gasteiger partial charge is 0.405 e. The van der Waals surface area contributed by atoms with Crippen molar-refractivity contribution in [3.63, 3.8) is 0 Å². The Morgan fingerprint density at radius 3 is 2.03 bits per heavy atom. The summed E-state index contributed by atoms with van der Waals surface area (Å²) in [5.41, 5.74) is 4.76. The van der Waals surface area contributed by atoms with Crippen LogP contribution in [0.2, 0.25) is 0 Å². The van der Waals surface area contributed by atoms with E-state index in [1.165, 1.54) is 24.3 Å². The van der Waals surface area contributed by atoms with Gasteiger partial charge in [0, 0.05) is 31.7 Å². The zero-order valence-electron chi connectivity index (χ0n) is 19.2. The van der Waals surface area contributed by atoms with Gasteiger partial charge in [0.15, 0.2) is 4.99 Å². The Kier molecular flexibility index (Phi) is 10.5. The molecule has 0 spiro atoms. The minimum absolute atomic E-state index is 0.0552. The van der Waals surface area contributed by atoms with Crippen molar-refractivity contribution >= 4 is 40.8 Å². The predicted molar refractivity (Wildman–Crippen MR) is 126 cm³/mol. The Morgan fingerprint density at radius 2 is 1.62 bits per heavy atom. The summed E-state index contributed by atoms with van der Waals surface area (Å²) in [4.78, 5) is 35.8. The van der Waals surface area contributed by atoms with Gasteiger partial charge in [0.05, 0.1) is 0 Å². The van der Waals surface area contributed by atoms with Crippen LogP contribution in [-0.4, -0.2) is 53.5 Å². The van der Waals surface area contributed by atoms with E-state index in [9.17, 15) is 18.8 Å². The van der Waals surface area contributed by atoms with E-state index in [1.807, 2.05) is 0 Å². The first-order valence-electron chi connectivity index (χ1n) is 10.4. The van der Waals surface area contributed by atoms with Crippen LogP contribution in [0.5, 0.6) is 0 Å². The number of hydrogen-bond donors (Lipinski definition) is 3. The van der Waals surface area contributed by atoms with Gasteiger partial charge in [-0.1, -0.05) is 12.2 Å². The first kappa shape index (κ1) is 27.3. The molecule has 178 valence electrons. The average molecular weight is 469 g/mol. The lowest BCUT2D eigenvalue weighted by Crippen LogP contribution is -2.43. The Morgan fingerprint density at radius 1 is 1.09 bits per heavy atom. The van der Waals surface area contributed by atoms with E-state index in [1.54, 1.807) is 39.8 Å². The topological polar surface area (TPSA) is 114 Å². The highest BCUT2D eigenvalue weighted by atomic mass is 32.1. The highest BCUT2D eigenvalue weighted by Crippen LogP contribution is 2.25. The second-order valence-electron chi connectivity index (χ2n) is 8.75. The molecule has 0 atom stereocenters. The molecule has 0 aliphatic heterocycles. The van der Waals surface area contributed by atoms with Crippen LogP contribution in [0.3, 0.4) is 0 Å². The standard InChI is InChI=1S/C17H22FN3O2S.C5H11NO2/c1-21(2)17(23)11-3-7-14(8-4-11)20-16(24)15(22)19-13-9-5-12(18)6-10-13;1-5(2,3)8-4(6)7/h5-6,9-11,14H,3-4,7-8H2,1-2H3,(H,19,22)(H,20,24);1-3H3,(H2,6,7). The van der Waals surface area contributed by atoms with Gasteiger partial charge in [-0.15, -0.1) is 0 Å². The summed E-state index contributed by atoms with van der Waals surface area (Å²) in [5.74, 6) is -0.564. The minimum atomic E-state index is -0.725. The quantitative estimate of drug-likeness (QED) is 0.587. The van der Waals surface area contributed by atoms with E-state index in [-0.39, 0.29) is 28.7 Å². The van der Waals surface area contributed by atoms with Gasteiger partial charge in [-0.2, -0.15) is 0 Å². The lowest BCUT2D eigenvalue weighted by molar-refractivity contribution is -0.134. The zero-order valence-corrected chi connectivity index (χ0v) is 20.1. The van der Waals surface area contributed by atoms with Crippen LogP contribution in [-0.2, 0) is 14.3 Å². The first-order chi connectivity index (χ1) is 14.8. The lowest BCUT2D eigenvalue weighted by Gasteiger charge is -2.30. The van der Waals surface area contributed by atoms with Crippen molar-refractivity contribution in [3.8, 4) is 0 Å². The first-order valence-corrected chi connectivity index (χ1v) is 10.8. The summed E-state index contributed by atoms with van der Waals surface area (Å²) in [6.07, 6.45) is 2.45. The van der Waals surface area contributed by atoms with Crippen LogP contribution in [0.25, 0.3) is 0 Å². The molecule has 0 aromatic heterocycles. The van der Waals surface area contributed by atoms with Crippen molar-refractivity contribution < 1.29 is 23.5 Å². The summed E-state index contributed by atoms with van der Waals surface area (Å²) in [6, 6.07) is 5.61. The number of rotatable bonds is 3. The van der Waals surface area contributed by atoms with Gasteiger partial charge in [-0.05, 0) is 70.7 Å². The second-order valence-corrected chi connectivity index (χ2v) is 9.16. The van der Waals surface area contributed by atoms with E-state index in [0.29, 0.717) is 5.69 Å². The van der Waals surface area contributed by atoms with Gasteiger partial charge in [0.2, 0.25) is 5.91 Å². The summed E-state index contributed by atoms with van der Waals surface area (Å²) in [7, 11) is 3.53. The van der Waals surface area contributed by atoms with Gasteiger partial charge >= 0.3 is 6.09 Å². The van der Waals surface area contributed by atoms with Crippen LogP contribution in [0.15, 0.2) is 24.3 Å². The molecule has 4 N–H and O–H groups in total. The van der Waals surface area contributed by atoms with E-state index in [2.05, 4.69) is 15.4 Å². The monoisotopic (exact) mass is 468 g/mol. The highest BCUT2D eigenvalue weighted by molar-refractivity contribution is 7.82. The normalized spacial score (nSPS) is 17.8. The molecule has 0 heterocycles. The second kappa shape index (κ2) is 12.3. The molecule has 2 rings (SSSR count). The number of carbonyl (C=O) groups excluding carboxylic acids is 3. The van der Waals surface area contributed by atoms with Crippen LogP contribution < -0.4 is 16.4 Å². The molecular weight excluding hydrogens is 435 g/mol. The fourth-order valence-electron chi connectivity index (χ4n) is 3.12. The number of halogens is 1.